The van der Waals surface area contributed by atoms with Gasteiger partial charge in [-0.1, -0.05) is 43.2 Å². The van der Waals surface area contributed by atoms with Crippen molar-refractivity contribution < 1.29 is 15.0 Å². The van der Waals surface area contributed by atoms with Crippen molar-refractivity contribution in [3.8, 4) is 11.6 Å². The number of benzene rings is 1. The molecule has 0 saturated heterocycles. The third-order valence-corrected chi connectivity index (χ3v) is 4.80. The minimum absolute atomic E-state index is 0.0926. The molecule has 6 heteroatoms. The molecule has 0 aliphatic heterocycles. The van der Waals surface area contributed by atoms with Gasteiger partial charge < -0.3 is 15.5 Å². The van der Waals surface area contributed by atoms with Crippen LogP contribution in [-0.2, 0) is 11.8 Å². The summed E-state index contributed by atoms with van der Waals surface area (Å²) in [6.45, 7) is 0. The lowest BCUT2D eigenvalue weighted by atomic mass is 9.76. The van der Waals surface area contributed by atoms with Crippen molar-refractivity contribution in [1.29, 1.82) is 0 Å². The lowest BCUT2D eigenvalue weighted by Gasteiger charge is -2.29. The molecular weight excluding hydrogens is 306 g/mol. The van der Waals surface area contributed by atoms with Crippen LogP contribution in [0.3, 0.4) is 0 Å². The Bertz CT molecular complexity index is 741. The molecule has 1 saturated carbocycles. The first-order valence-electron chi connectivity index (χ1n) is 8.12. The molecule has 6 nitrogen and oxygen atoms in total. The van der Waals surface area contributed by atoms with E-state index < -0.39 is 17.5 Å². The molecule has 0 atom stereocenters. The van der Waals surface area contributed by atoms with E-state index in [1.165, 1.54) is 12.6 Å². The number of carbonyl (C=O) groups is 1. The number of rotatable bonds is 4. The molecule has 0 radical (unpaired) electrons. The molecule has 0 unspecified atom stereocenters. The van der Waals surface area contributed by atoms with Crippen LogP contribution in [0.25, 0.3) is 0 Å². The molecule has 1 fully saturated rings. The molecular formula is C18H21N3O3. The van der Waals surface area contributed by atoms with Crippen molar-refractivity contribution in [2.45, 2.75) is 37.5 Å². The number of nitrogens with zero attached hydrogens (tertiary/aromatic N) is 2. The monoisotopic (exact) mass is 327 g/mol. The number of nitrogens with one attached hydrogen (secondary N) is 1. The zero-order chi connectivity index (χ0) is 17.2. The van der Waals surface area contributed by atoms with Gasteiger partial charge in [0.1, 0.15) is 5.82 Å². The van der Waals surface area contributed by atoms with E-state index in [4.69, 9.17) is 0 Å². The number of aromatic nitrogens is 2. The van der Waals surface area contributed by atoms with Crippen LogP contribution in [0.15, 0.2) is 30.3 Å². The van der Waals surface area contributed by atoms with Crippen LogP contribution in [0.5, 0.6) is 11.6 Å². The van der Waals surface area contributed by atoms with E-state index in [0.717, 1.165) is 25.7 Å². The first kappa shape index (κ1) is 16.2. The summed E-state index contributed by atoms with van der Waals surface area (Å²) in [7, 11) is 1.45. The predicted octanol–water partition coefficient (Wildman–Crippen LogP) is 2.30. The van der Waals surface area contributed by atoms with E-state index in [1.807, 2.05) is 18.2 Å². The summed E-state index contributed by atoms with van der Waals surface area (Å²) in [5.41, 5.74) is 0.936. The number of amides is 1. The van der Waals surface area contributed by atoms with Crippen LogP contribution in [-0.4, -0.2) is 33.1 Å². The summed E-state index contributed by atoms with van der Waals surface area (Å²) in [5, 5.41) is 22.1. The van der Waals surface area contributed by atoms with Crippen LogP contribution >= 0.6 is 0 Å². The topological polar surface area (TPSA) is 95.3 Å². The molecule has 1 aromatic heterocycles. The summed E-state index contributed by atoms with van der Waals surface area (Å²) in [6, 6.07) is 10.2. The average molecular weight is 327 g/mol. The Morgan fingerprint density at radius 3 is 2.46 bits per heavy atom. The molecule has 1 amide bonds. The maximum atomic E-state index is 11.9. The smallest absolute Gasteiger partial charge is 0.273 e. The fourth-order valence-electron chi connectivity index (χ4n) is 3.56. The van der Waals surface area contributed by atoms with E-state index in [-0.39, 0.29) is 11.1 Å². The molecule has 1 heterocycles. The van der Waals surface area contributed by atoms with E-state index in [9.17, 15) is 15.0 Å². The fourth-order valence-corrected chi connectivity index (χ4v) is 3.56. The number of hydrogen-bond donors (Lipinski definition) is 3. The van der Waals surface area contributed by atoms with Crippen molar-refractivity contribution in [2.24, 2.45) is 0 Å². The molecule has 0 bridgehead atoms. The van der Waals surface area contributed by atoms with Crippen molar-refractivity contribution in [3.05, 3.63) is 47.4 Å². The van der Waals surface area contributed by atoms with Gasteiger partial charge >= 0.3 is 0 Å². The summed E-state index contributed by atoms with van der Waals surface area (Å²) in [5.74, 6) is -1.32. The summed E-state index contributed by atoms with van der Waals surface area (Å²) >= 11 is 0. The third kappa shape index (κ3) is 2.91. The number of aromatic hydroxyl groups is 2. The van der Waals surface area contributed by atoms with Gasteiger partial charge in [-0.05, 0) is 18.4 Å². The van der Waals surface area contributed by atoms with Gasteiger partial charge in [-0.15, -0.1) is 0 Å². The van der Waals surface area contributed by atoms with E-state index in [1.54, 1.807) is 0 Å². The highest BCUT2D eigenvalue weighted by molar-refractivity contribution is 5.95. The number of hydrogen-bond acceptors (Lipinski definition) is 5. The molecule has 0 spiro atoms. The molecule has 24 heavy (non-hydrogen) atoms. The molecule has 2 aromatic rings. The highest BCUT2D eigenvalue weighted by Gasteiger charge is 2.37. The van der Waals surface area contributed by atoms with Crippen LogP contribution in [0.2, 0.25) is 0 Å². The Labute approximate surface area is 140 Å². The fraction of sp³-hybridized carbons (Fsp3) is 0.389. The lowest BCUT2D eigenvalue weighted by Crippen LogP contribution is -2.27. The maximum Gasteiger partial charge on any atom is 0.273 e. The van der Waals surface area contributed by atoms with Crippen molar-refractivity contribution >= 4 is 5.91 Å². The van der Waals surface area contributed by atoms with Crippen LogP contribution in [0, 0.1) is 0 Å². The Balaban J connectivity index is 2.00. The Morgan fingerprint density at radius 1 is 1.17 bits per heavy atom. The summed E-state index contributed by atoms with van der Waals surface area (Å²) in [4.78, 5) is 20.1. The van der Waals surface area contributed by atoms with Crippen LogP contribution < -0.4 is 5.32 Å². The summed E-state index contributed by atoms with van der Waals surface area (Å²) in [6.07, 6.45) is 4.80. The van der Waals surface area contributed by atoms with E-state index in [0.29, 0.717) is 12.2 Å². The highest BCUT2D eigenvalue weighted by Crippen LogP contribution is 2.43. The third-order valence-electron chi connectivity index (χ3n) is 4.80. The largest absolute Gasteiger partial charge is 0.501 e. The SMILES string of the molecule is CNC(=O)c1nc(CC2(c3ccccc3)CCCC2)nc(O)c1O. The minimum atomic E-state index is -0.585. The van der Waals surface area contributed by atoms with Gasteiger partial charge in [0.15, 0.2) is 5.69 Å². The van der Waals surface area contributed by atoms with Crippen molar-refractivity contribution in [1.82, 2.24) is 15.3 Å². The second kappa shape index (κ2) is 6.47. The maximum absolute atomic E-state index is 11.9. The van der Waals surface area contributed by atoms with Gasteiger partial charge in [-0.2, -0.15) is 4.98 Å². The molecule has 3 N–H and O–H groups in total. The standard InChI is InChI=1S/C18H21N3O3/c1-19-16(23)14-15(22)17(24)21-13(20-14)11-18(9-5-6-10-18)12-7-3-2-4-8-12/h2-4,7-8,22H,5-6,9-11H2,1H3,(H,19,23)(H,20,21,24). The van der Waals surface area contributed by atoms with Gasteiger partial charge in [-0.25, -0.2) is 4.98 Å². The normalized spacial score (nSPS) is 16.0. The molecule has 1 aliphatic rings. The predicted molar refractivity (Wildman–Crippen MR) is 89.0 cm³/mol. The average Bonchev–Trinajstić information content (AvgIpc) is 3.07. The number of carbonyl (C=O) groups excluding carboxylic acids is 1. The van der Waals surface area contributed by atoms with Gasteiger partial charge in [0.25, 0.3) is 11.8 Å². The van der Waals surface area contributed by atoms with Gasteiger partial charge in [0, 0.05) is 18.9 Å². The zero-order valence-corrected chi connectivity index (χ0v) is 13.6. The molecule has 3 rings (SSSR count). The van der Waals surface area contributed by atoms with Crippen LogP contribution in [0.4, 0.5) is 0 Å². The first-order chi connectivity index (χ1) is 11.6. The van der Waals surface area contributed by atoms with Crippen molar-refractivity contribution in [3.63, 3.8) is 0 Å². The Kier molecular flexibility index (Phi) is 4.38. The van der Waals surface area contributed by atoms with E-state index >= 15 is 0 Å². The highest BCUT2D eigenvalue weighted by atomic mass is 16.3. The molecule has 1 aliphatic carbocycles. The zero-order valence-electron chi connectivity index (χ0n) is 13.6. The molecule has 126 valence electrons. The van der Waals surface area contributed by atoms with E-state index in [2.05, 4.69) is 27.4 Å². The Morgan fingerprint density at radius 2 is 1.83 bits per heavy atom. The minimum Gasteiger partial charge on any atom is -0.501 e. The second-order valence-corrected chi connectivity index (χ2v) is 6.27. The Hall–Kier alpha value is -2.63. The van der Waals surface area contributed by atoms with Crippen LogP contribution in [0.1, 0.15) is 47.6 Å². The van der Waals surface area contributed by atoms with Crippen molar-refractivity contribution in [2.75, 3.05) is 7.05 Å². The summed E-state index contributed by atoms with van der Waals surface area (Å²) < 4.78 is 0. The second-order valence-electron chi connectivity index (χ2n) is 6.27. The van der Waals surface area contributed by atoms with Gasteiger partial charge in [0.2, 0.25) is 5.75 Å². The van der Waals surface area contributed by atoms with Gasteiger partial charge in [-0.3, -0.25) is 4.79 Å². The quantitative estimate of drug-likeness (QED) is 0.801. The lowest BCUT2D eigenvalue weighted by molar-refractivity contribution is 0.0953. The molecule has 1 aromatic carbocycles. The first-order valence-corrected chi connectivity index (χ1v) is 8.12. The van der Waals surface area contributed by atoms with Gasteiger partial charge in [0.05, 0.1) is 0 Å².